The first kappa shape index (κ1) is 11.3. The van der Waals surface area contributed by atoms with Crippen molar-refractivity contribution in [1.82, 2.24) is 0 Å². The predicted molar refractivity (Wildman–Crippen MR) is 61.6 cm³/mol. The molecule has 2 heteroatoms. The van der Waals surface area contributed by atoms with E-state index in [1.54, 1.807) is 0 Å². The van der Waals surface area contributed by atoms with E-state index < -0.39 is 20.2 Å². The molecule has 0 aliphatic heterocycles. The van der Waals surface area contributed by atoms with Gasteiger partial charge < -0.3 is 0 Å². The van der Waals surface area contributed by atoms with E-state index in [4.69, 9.17) is 0 Å². The van der Waals surface area contributed by atoms with E-state index in [0.717, 1.165) is 7.87 Å². The van der Waals surface area contributed by atoms with Crippen molar-refractivity contribution in [2.24, 2.45) is 0 Å². The van der Waals surface area contributed by atoms with E-state index >= 15 is 0 Å². The molecule has 81 valence electrons. The third kappa shape index (κ3) is 2.88. The van der Waals surface area contributed by atoms with Gasteiger partial charge in [-0.2, -0.15) is 0 Å². The van der Waals surface area contributed by atoms with Crippen molar-refractivity contribution in [3.05, 3.63) is 0 Å². The summed E-state index contributed by atoms with van der Waals surface area (Å²) in [4.78, 5) is 0. The molecule has 1 nitrogen and oxygen atoms in total. The monoisotopic (exact) mass is 303 g/mol. The van der Waals surface area contributed by atoms with Crippen molar-refractivity contribution in [1.29, 1.82) is 0 Å². The first-order chi connectivity index (χ1) is 6.88. The molecule has 1 N–H and O–H groups in total. The van der Waals surface area contributed by atoms with Crippen LogP contribution in [0.5, 0.6) is 0 Å². The standard InChI is InChI=1S/2C6H11.H2O.Sn/c2*1-2-4-6-5-3-1;;/h2*1H,2-6H2;1H2;/q;;;+1/p-1. The Balaban J connectivity index is 1.82. The van der Waals surface area contributed by atoms with Crippen LogP contribution in [0.4, 0.5) is 0 Å². The van der Waals surface area contributed by atoms with Gasteiger partial charge in [0.2, 0.25) is 0 Å². The second kappa shape index (κ2) is 5.74. The molecule has 0 aromatic heterocycles. The molecule has 0 aromatic rings. The van der Waals surface area contributed by atoms with E-state index in [2.05, 4.69) is 0 Å². The minimum absolute atomic E-state index is 0.842. The van der Waals surface area contributed by atoms with E-state index in [-0.39, 0.29) is 0 Å². The molecular weight excluding hydrogens is 279 g/mol. The van der Waals surface area contributed by atoms with Crippen LogP contribution >= 0.6 is 0 Å². The molecule has 1 radical (unpaired) electrons. The fraction of sp³-hybridized carbons (Fsp3) is 1.00. The molecule has 2 aliphatic rings. The fourth-order valence-electron chi connectivity index (χ4n) is 3.13. The number of hydrogen-bond donors (Lipinski definition) is 1. The van der Waals surface area contributed by atoms with Crippen LogP contribution in [0.25, 0.3) is 0 Å². The molecule has 0 atom stereocenters. The van der Waals surface area contributed by atoms with Crippen LogP contribution in [-0.4, -0.2) is 23.6 Å². The molecule has 2 saturated carbocycles. The van der Waals surface area contributed by atoms with Crippen molar-refractivity contribution in [2.45, 2.75) is 72.1 Å². The summed E-state index contributed by atoms with van der Waals surface area (Å²) in [5.74, 6) is 0. The molecule has 0 spiro atoms. The van der Waals surface area contributed by atoms with Gasteiger partial charge in [-0.1, -0.05) is 0 Å². The maximum atomic E-state index is 10.5. The van der Waals surface area contributed by atoms with Gasteiger partial charge in [0, 0.05) is 0 Å². The second-order valence-corrected chi connectivity index (χ2v) is 12.2. The summed E-state index contributed by atoms with van der Waals surface area (Å²) in [5, 5.41) is 0. The van der Waals surface area contributed by atoms with E-state index in [0.29, 0.717) is 0 Å². The van der Waals surface area contributed by atoms with Crippen LogP contribution in [0.1, 0.15) is 64.2 Å². The molecule has 2 aliphatic carbocycles. The summed E-state index contributed by atoms with van der Waals surface area (Å²) < 4.78 is 12.2. The summed E-state index contributed by atoms with van der Waals surface area (Å²) in [5.41, 5.74) is 0. The number of rotatable bonds is 2. The van der Waals surface area contributed by atoms with Crippen molar-refractivity contribution in [3.8, 4) is 0 Å². The number of hydrogen-bond acceptors (Lipinski definition) is 1. The molecule has 0 bridgehead atoms. The topological polar surface area (TPSA) is 20.2 Å². The zero-order valence-corrected chi connectivity index (χ0v) is 12.0. The Labute approximate surface area is 95.6 Å². The second-order valence-electron chi connectivity index (χ2n) is 5.09. The first-order valence-corrected chi connectivity index (χ1v) is 11.0. The van der Waals surface area contributed by atoms with Gasteiger partial charge >= 0.3 is 95.7 Å². The summed E-state index contributed by atoms with van der Waals surface area (Å²) in [6.07, 6.45) is 14.0. The van der Waals surface area contributed by atoms with Crippen molar-refractivity contribution in [3.63, 3.8) is 0 Å². The molecular formula is C12H23OSn. The van der Waals surface area contributed by atoms with Gasteiger partial charge in [-0.3, -0.25) is 0 Å². The van der Waals surface area contributed by atoms with E-state index in [9.17, 15) is 3.44 Å². The third-order valence-electron chi connectivity index (χ3n) is 4.05. The van der Waals surface area contributed by atoms with Crippen molar-refractivity contribution >= 4 is 20.2 Å². The Morgan fingerprint density at radius 3 is 1.36 bits per heavy atom. The molecule has 0 saturated heterocycles. The summed E-state index contributed by atoms with van der Waals surface area (Å²) >= 11 is -1.95. The first-order valence-electron chi connectivity index (χ1n) is 6.43. The average Bonchev–Trinajstić information content (AvgIpc) is 2.30. The van der Waals surface area contributed by atoms with Crippen LogP contribution < -0.4 is 0 Å². The van der Waals surface area contributed by atoms with Gasteiger partial charge in [0.05, 0.1) is 0 Å². The predicted octanol–water partition coefficient (Wildman–Crippen LogP) is 3.64. The SMILES string of the molecule is [OH][Sn]([CH]1CCCCC1)[CH]1CCCCC1. The molecule has 0 amide bonds. The Kier molecular flexibility index (Phi) is 4.61. The summed E-state index contributed by atoms with van der Waals surface area (Å²) in [7, 11) is 0. The van der Waals surface area contributed by atoms with Crippen LogP contribution in [0.2, 0.25) is 7.87 Å². The van der Waals surface area contributed by atoms with Crippen LogP contribution in [-0.2, 0) is 0 Å². The van der Waals surface area contributed by atoms with Gasteiger partial charge in [0.1, 0.15) is 0 Å². The van der Waals surface area contributed by atoms with Gasteiger partial charge in [0.25, 0.3) is 0 Å². The molecule has 0 unspecified atom stereocenters. The summed E-state index contributed by atoms with van der Waals surface area (Å²) in [6, 6.07) is 0. The van der Waals surface area contributed by atoms with Crippen LogP contribution in [0, 0.1) is 0 Å². The Morgan fingerprint density at radius 2 is 1.00 bits per heavy atom. The maximum absolute atomic E-state index is 10.5. The van der Waals surface area contributed by atoms with E-state index in [1.807, 2.05) is 0 Å². The minimum atomic E-state index is -1.95. The molecule has 2 rings (SSSR count). The van der Waals surface area contributed by atoms with Crippen LogP contribution in [0.15, 0.2) is 0 Å². The third-order valence-corrected chi connectivity index (χ3v) is 12.1. The average molecular weight is 302 g/mol. The Bertz CT molecular complexity index is 142. The zero-order chi connectivity index (χ0) is 9.80. The van der Waals surface area contributed by atoms with Gasteiger partial charge in [-0.25, -0.2) is 0 Å². The zero-order valence-electron chi connectivity index (χ0n) is 9.17. The van der Waals surface area contributed by atoms with E-state index in [1.165, 1.54) is 64.2 Å². The van der Waals surface area contributed by atoms with Crippen molar-refractivity contribution < 1.29 is 3.44 Å². The fourth-order valence-corrected chi connectivity index (χ4v) is 10.7. The molecule has 2 fully saturated rings. The van der Waals surface area contributed by atoms with Crippen LogP contribution in [0.3, 0.4) is 0 Å². The van der Waals surface area contributed by atoms with Gasteiger partial charge in [-0.05, 0) is 0 Å². The molecule has 0 heterocycles. The molecule has 14 heavy (non-hydrogen) atoms. The Morgan fingerprint density at radius 1 is 0.643 bits per heavy atom. The van der Waals surface area contributed by atoms with Crippen molar-refractivity contribution in [2.75, 3.05) is 0 Å². The van der Waals surface area contributed by atoms with Gasteiger partial charge in [0.15, 0.2) is 0 Å². The summed E-state index contributed by atoms with van der Waals surface area (Å²) in [6.45, 7) is 0. The van der Waals surface area contributed by atoms with Gasteiger partial charge in [-0.15, -0.1) is 0 Å². The quantitative estimate of drug-likeness (QED) is 0.772. The Hall–Kier alpha value is 0.759. The normalized spacial score (nSPS) is 27.0. The molecule has 0 aromatic carbocycles.